The number of halogens is 1. The van der Waals surface area contributed by atoms with Gasteiger partial charge in [0.1, 0.15) is 0 Å². The van der Waals surface area contributed by atoms with Gasteiger partial charge in [-0.3, -0.25) is 0 Å². The summed E-state index contributed by atoms with van der Waals surface area (Å²) in [6.07, 6.45) is 13.0. The second kappa shape index (κ2) is 7.65. The van der Waals surface area contributed by atoms with Gasteiger partial charge in [0.15, 0.2) is 0 Å². The Bertz CT molecular complexity index is 422. The predicted molar refractivity (Wildman–Crippen MR) is 90.6 cm³/mol. The van der Waals surface area contributed by atoms with Crippen molar-refractivity contribution in [3.8, 4) is 0 Å². The van der Waals surface area contributed by atoms with Crippen molar-refractivity contribution in [2.45, 2.75) is 70.4 Å². The van der Waals surface area contributed by atoms with E-state index in [4.69, 9.17) is 11.6 Å². The van der Waals surface area contributed by atoms with Crippen molar-refractivity contribution in [3.05, 3.63) is 34.9 Å². The monoisotopic (exact) mass is 305 g/mol. The molecule has 116 valence electrons. The summed E-state index contributed by atoms with van der Waals surface area (Å²) in [5.41, 5.74) is 1.35. The highest BCUT2D eigenvalue weighted by Crippen LogP contribution is 2.38. The molecule has 21 heavy (non-hydrogen) atoms. The highest BCUT2D eigenvalue weighted by molar-refractivity contribution is 6.30. The smallest absolute Gasteiger partial charge is 0.0406 e. The molecule has 1 aromatic rings. The Morgan fingerprint density at radius 2 is 1.52 bits per heavy atom. The van der Waals surface area contributed by atoms with Crippen LogP contribution in [-0.2, 0) is 6.54 Å². The average molecular weight is 306 g/mol. The van der Waals surface area contributed by atoms with Gasteiger partial charge in [0.25, 0.3) is 0 Å². The van der Waals surface area contributed by atoms with Crippen LogP contribution in [0.5, 0.6) is 0 Å². The lowest BCUT2D eigenvalue weighted by atomic mass is 9.71. The molecule has 2 saturated carbocycles. The Morgan fingerprint density at radius 1 is 0.857 bits per heavy atom. The van der Waals surface area contributed by atoms with Crippen molar-refractivity contribution in [3.63, 3.8) is 0 Å². The van der Waals surface area contributed by atoms with Gasteiger partial charge in [-0.25, -0.2) is 0 Å². The molecule has 3 rings (SSSR count). The second-order valence-electron chi connectivity index (χ2n) is 6.96. The quantitative estimate of drug-likeness (QED) is 0.767. The molecule has 2 heteroatoms. The molecule has 2 fully saturated rings. The largest absolute Gasteiger partial charge is 0.310 e. The maximum absolute atomic E-state index is 5.96. The molecule has 2 aliphatic carbocycles. The fraction of sp³-hybridized carbons (Fsp3) is 0.684. The van der Waals surface area contributed by atoms with Crippen LogP contribution in [0.25, 0.3) is 0 Å². The van der Waals surface area contributed by atoms with E-state index in [0.717, 1.165) is 29.4 Å². The molecular weight excluding hydrogens is 278 g/mol. The zero-order valence-electron chi connectivity index (χ0n) is 13.0. The van der Waals surface area contributed by atoms with Crippen molar-refractivity contribution in [1.29, 1.82) is 0 Å². The highest BCUT2D eigenvalue weighted by Gasteiger charge is 2.31. The Morgan fingerprint density at radius 3 is 2.29 bits per heavy atom. The highest BCUT2D eigenvalue weighted by atomic mass is 35.5. The molecule has 0 aliphatic heterocycles. The Labute approximate surface area is 134 Å². The van der Waals surface area contributed by atoms with Crippen LogP contribution in [0.15, 0.2) is 24.3 Å². The zero-order chi connectivity index (χ0) is 14.5. The van der Waals surface area contributed by atoms with Gasteiger partial charge in [-0.2, -0.15) is 0 Å². The van der Waals surface area contributed by atoms with Crippen molar-refractivity contribution in [2.75, 3.05) is 0 Å². The van der Waals surface area contributed by atoms with Gasteiger partial charge < -0.3 is 5.32 Å². The third-order valence-corrected chi connectivity index (χ3v) is 5.81. The molecule has 2 aliphatic rings. The van der Waals surface area contributed by atoms with E-state index in [1.165, 1.54) is 63.4 Å². The van der Waals surface area contributed by atoms with Gasteiger partial charge in [0.05, 0.1) is 0 Å². The van der Waals surface area contributed by atoms with E-state index >= 15 is 0 Å². The van der Waals surface area contributed by atoms with Crippen LogP contribution < -0.4 is 5.32 Å². The minimum absolute atomic E-state index is 0.734. The Balaban J connectivity index is 1.57. The van der Waals surface area contributed by atoms with E-state index in [1.807, 2.05) is 12.1 Å². The molecule has 0 bridgehead atoms. The van der Waals surface area contributed by atoms with Gasteiger partial charge >= 0.3 is 0 Å². The topological polar surface area (TPSA) is 12.0 Å². The zero-order valence-corrected chi connectivity index (χ0v) is 13.7. The SMILES string of the molecule is Clc1ccc(CNC2CCCCC2C2CCCCC2)cc1. The van der Waals surface area contributed by atoms with Crippen LogP contribution in [0, 0.1) is 11.8 Å². The normalized spacial score (nSPS) is 27.7. The molecule has 0 aromatic heterocycles. The predicted octanol–water partition coefficient (Wildman–Crippen LogP) is 5.57. The first kappa shape index (κ1) is 15.4. The third-order valence-electron chi connectivity index (χ3n) is 5.56. The number of hydrogen-bond donors (Lipinski definition) is 1. The van der Waals surface area contributed by atoms with E-state index in [-0.39, 0.29) is 0 Å². The van der Waals surface area contributed by atoms with Crippen molar-refractivity contribution < 1.29 is 0 Å². The van der Waals surface area contributed by atoms with E-state index in [9.17, 15) is 0 Å². The van der Waals surface area contributed by atoms with Gasteiger partial charge in [0, 0.05) is 17.6 Å². The lowest BCUT2D eigenvalue weighted by Crippen LogP contribution is -2.42. The molecule has 1 aromatic carbocycles. The van der Waals surface area contributed by atoms with E-state index in [2.05, 4.69) is 17.4 Å². The molecule has 0 radical (unpaired) electrons. The molecule has 0 saturated heterocycles. The van der Waals surface area contributed by atoms with Crippen LogP contribution in [0.1, 0.15) is 63.4 Å². The molecule has 0 spiro atoms. The summed E-state index contributed by atoms with van der Waals surface area (Å²) in [6, 6.07) is 9.02. The van der Waals surface area contributed by atoms with Crippen LogP contribution in [0.4, 0.5) is 0 Å². The Kier molecular flexibility index (Phi) is 5.60. The standard InChI is InChI=1S/C19H28ClN/c20-17-12-10-15(11-13-17)14-21-19-9-5-4-8-18(19)16-6-2-1-3-7-16/h10-13,16,18-19,21H,1-9,14H2. The fourth-order valence-electron chi connectivity index (χ4n) is 4.39. The molecule has 0 amide bonds. The van der Waals surface area contributed by atoms with Gasteiger partial charge in [-0.05, 0) is 42.4 Å². The summed E-state index contributed by atoms with van der Waals surface area (Å²) < 4.78 is 0. The summed E-state index contributed by atoms with van der Waals surface area (Å²) in [5.74, 6) is 1.91. The lowest BCUT2D eigenvalue weighted by Gasteiger charge is -2.39. The number of nitrogens with one attached hydrogen (secondary N) is 1. The average Bonchev–Trinajstić information content (AvgIpc) is 2.55. The van der Waals surface area contributed by atoms with Crippen molar-refractivity contribution in [2.24, 2.45) is 11.8 Å². The van der Waals surface area contributed by atoms with Crippen molar-refractivity contribution in [1.82, 2.24) is 5.32 Å². The summed E-state index contributed by atoms with van der Waals surface area (Å²) in [6.45, 7) is 0.991. The third kappa shape index (κ3) is 4.23. The second-order valence-corrected chi connectivity index (χ2v) is 7.40. The molecule has 2 unspecified atom stereocenters. The Hall–Kier alpha value is -0.530. The molecule has 1 N–H and O–H groups in total. The maximum atomic E-state index is 5.96. The minimum atomic E-state index is 0.734. The minimum Gasteiger partial charge on any atom is -0.310 e. The van der Waals surface area contributed by atoms with Crippen LogP contribution in [-0.4, -0.2) is 6.04 Å². The first-order chi connectivity index (χ1) is 10.3. The maximum Gasteiger partial charge on any atom is 0.0406 e. The van der Waals surface area contributed by atoms with Gasteiger partial charge in [0.2, 0.25) is 0 Å². The summed E-state index contributed by atoms with van der Waals surface area (Å²) in [5, 5.41) is 4.69. The van der Waals surface area contributed by atoms with Gasteiger partial charge in [-0.15, -0.1) is 0 Å². The lowest BCUT2D eigenvalue weighted by molar-refractivity contribution is 0.149. The van der Waals surface area contributed by atoms with Crippen LogP contribution in [0.2, 0.25) is 5.02 Å². The summed E-state index contributed by atoms with van der Waals surface area (Å²) in [4.78, 5) is 0. The molecule has 2 atom stereocenters. The van der Waals surface area contributed by atoms with Crippen LogP contribution in [0.3, 0.4) is 0 Å². The number of benzene rings is 1. The van der Waals surface area contributed by atoms with Crippen molar-refractivity contribution >= 4 is 11.6 Å². The fourth-order valence-corrected chi connectivity index (χ4v) is 4.52. The van der Waals surface area contributed by atoms with E-state index < -0.39 is 0 Å². The molecular formula is C19H28ClN. The summed E-state index contributed by atoms with van der Waals surface area (Å²) >= 11 is 5.96. The summed E-state index contributed by atoms with van der Waals surface area (Å²) in [7, 11) is 0. The molecule has 0 heterocycles. The molecule has 1 nitrogen and oxygen atoms in total. The first-order valence-electron chi connectivity index (χ1n) is 8.81. The van der Waals surface area contributed by atoms with E-state index in [0.29, 0.717) is 0 Å². The number of rotatable bonds is 4. The van der Waals surface area contributed by atoms with Gasteiger partial charge in [-0.1, -0.05) is 68.7 Å². The first-order valence-corrected chi connectivity index (χ1v) is 9.18. The van der Waals surface area contributed by atoms with E-state index in [1.54, 1.807) is 0 Å². The van der Waals surface area contributed by atoms with Crippen LogP contribution >= 0.6 is 11.6 Å². The number of hydrogen-bond acceptors (Lipinski definition) is 1.